The van der Waals surface area contributed by atoms with Crippen molar-refractivity contribution in [1.29, 1.82) is 5.41 Å². The van der Waals surface area contributed by atoms with E-state index < -0.39 is 0 Å². The normalized spacial score (nSPS) is 19.3. The molecule has 226 valence electrons. The largest absolute Gasteiger partial charge is 0.372 e. The minimum Gasteiger partial charge on any atom is -0.372 e. The van der Waals surface area contributed by atoms with Crippen LogP contribution in [0.1, 0.15) is 102 Å². The van der Waals surface area contributed by atoms with Crippen LogP contribution in [0.5, 0.6) is 0 Å². The number of aromatic nitrogens is 2. The van der Waals surface area contributed by atoms with E-state index in [9.17, 15) is 0 Å². The molecule has 0 radical (unpaired) electrons. The van der Waals surface area contributed by atoms with Crippen molar-refractivity contribution in [2.24, 2.45) is 5.41 Å². The van der Waals surface area contributed by atoms with Gasteiger partial charge in [0.1, 0.15) is 17.5 Å². The van der Waals surface area contributed by atoms with Gasteiger partial charge < -0.3 is 15.1 Å². The number of hydrogen-bond donors (Lipinski definition) is 2. The number of piperidine rings is 2. The first-order valence-corrected chi connectivity index (χ1v) is 16.5. The maximum atomic E-state index is 9.00. The molecule has 7 nitrogen and oxygen atoms in total. The second kappa shape index (κ2) is 16.1. The Morgan fingerprint density at radius 2 is 1.44 bits per heavy atom. The highest BCUT2D eigenvalue weighted by atomic mass is 15.2. The Balaban J connectivity index is 0.000000585. The number of hydrogen-bond acceptors (Lipinski definition) is 6. The fourth-order valence-corrected chi connectivity index (χ4v) is 6.61. The number of rotatable bonds is 8. The molecule has 1 spiro atoms. The fraction of sp³-hybridized carbons (Fsp3) is 0.676. The van der Waals surface area contributed by atoms with Crippen molar-refractivity contribution >= 4 is 17.5 Å². The van der Waals surface area contributed by atoms with Gasteiger partial charge in [-0.2, -0.15) is 0 Å². The molecule has 0 atom stereocenters. The lowest BCUT2D eigenvalue weighted by atomic mass is 9.71. The Bertz CT molecular complexity index is 1030. The van der Waals surface area contributed by atoms with Crippen LogP contribution in [0.4, 0.5) is 11.6 Å². The van der Waals surface area contributed by atoms with E-state index in [0.29, 0.717) is 11.3 Å². The summed E-state index contributed by atoms with van der Waals surface area (Å²) in [6.45, 7) is 12.0. The third-order valence-electron chi connectivity index (χ3n) is 9.47. The van der Waals surface area contributed by atoms with E-state index in [1.807, 2.05) is 19.4 Å². The van der Waals surface area contributed by atoms with Gasteiger partial charge in [0.2, 0.25) is 0 Å². The first-order valence-electron chi connectivity index (χ1n) is 16.5. The summed E-state index contributed by atoms with van der Waals surface area (Å²) in [6.07, 6.45) is 19.4. The maximum absolute atomic E-state index is 9.00. The van der Waals surface area contributed by atoms with Crippen LogP contribution in [-0.2, 0) is 6.54 Å². The van der Waals surface area contributed by atoms with E-state index in [2.05, 4.69) is 63.1 Å². The van der Waals surface area contributed by atoms with Crippen LogP contribution in [0.3, 0.4) is 0 Å². The van der Waals surface area contributed by atoms with Gasteiger partial charge in [-0.3, -0.25) is 15.3 Å². The zero-order valence-corrected chi connectivity index (χ0v) is 26.1. The van der Waals surface area contributed by atoms with Gasteiger partial charge in [0.25, 0.3) is 0 Å². The van der Waals surface area contributed by atoms with Crippen molar-refractivity contribution in [1.82, 2.24) is 19.8 Å². The van der Waals surface area contributed by atoms with Crippen molar-refractivity contribution in [2.75, 3.05) is 56.5 Å². The predicted octanol–water partition coefficient (Wildman–Crippen LogP) is 7.19. The third kappa shape index (κ3) is 8.91. The van der Waals surface area contributed by atoms with E-state index in [4.69, 9.17) is 10.4 Å². The molecule has 0 amide bonds. The average molecular weight is 562 g/mol. The van der Waals surface area contributed by atoms with Gasteiger partial charge in [-0.15, -0.1) is 0 Å². The second-order valence-electron chi connectivity index (χ2n) is 12.4. The van der Waals surface area contributed by atoms with Gasteiger partial charge >= 0.3 is 0 Å². The molecular weight excluding hydrogens is 506 g/mol. The lowest BCUT2D eigenvalue weighted by Crippen LogP contribution is -2.48. The number of amidine groups is 1. The summed E-state index contributed by atoms with van der Waals surface area (Å²) in [5.74, 6) is 2.50. The van der Waals surface area contributed by atoms with Gasteiger partial charge in [0, 0.05) is 52.2 Å². The second-order valence-corrected chi connectivity index (χ2v) is 12.4. The lowest BCUT2D eigenvalue weighted by Gasteiger charge is -2.47. The molecule has 0 aromatic carbocycles. The van der Waals surface area contributed by atoms with Crippen molar-refractivity contribution in [3.05, 3.63) is 47.8 Å². The molecule has 0 aliphatic carbocycles. The van der Waals surface area contributed by atoms with E-state index in [1.165, 1.54) is 95.7 Å². The highest BCUT2D eigenvalue weighted by Crippen LogP contribution is 2.42. The van der Waals surface area contributed by atoms with Gasteiger partial charge in [-0.05, 0) is 86.9 Å². The van der Waals surface area contributed by atoms with Gasteiger partial charge in [0.15, 0.2) is 0 Å². The topological polar surface area (TPSA) is 71.4 Å². The Morgan fingerprint density at radius 3 is 2.02 bits per heavy atom. The number of anilines is 2. The summed E-state index contributed by atoms with van der Waals surface area (Å²) in [5.41, 5.74) is 2.73. The SMILES string of the molecule is CCCCCC.CNc1nc(N2CCCCCC2)ccc1C(=N)N1CCC2(CCN(Cc3ccncc3)CC2)CC1. The molecule has 0 bridgehead atoms. The molecule has 0 saturated carbocycles. The zero-order chi connectivity index (χ0) is 28.9. The van der Waals surface area contributed by atoms with E-state index in [-0.39, 0.29) is 0 Å². The molecule has 5 heterocycles. The summed E-state index contributed by atoms with van der Waals surface area (Å²) in [6, 6.07) is 8.50. The van der Waals surface area contributed by atoms with Crippen LogP contribution < -0.4 is 10.2 Å². The van der Waals surface area contributed by atoms with E-state index in [1.54, 1.807) is 0 Å². The first kappa shape index (κ1) is 31.3. The van der Waals surface area contributed by atoms with Crippen LogP contribution in [0.2, 0.25) is 0 Å². The molecule has 3 saturated heterocycles. The molecular formula is C34H55N7. The molecule has 3 aliphatic rings. The van der Waals surface area contributed by atoms with Gasteiger partial charge in [0.05, 0.1) is 5.56 Å². The van der Waals surface area contributed by atoms with Gasteiger partial charge in [-0.1, -0.05) is 52.4 Å². The summed E-state index contributed by atoms with van der Waals surface area (Å²) >= 11 is 0. The molecule has 3 aliphatic heterocycles. The average Bonchev–Trinajstić information content (AvgIpc) is 3.32. The standard InChI is InChI=1S/C28H41N7.C6H14/c1-30-27-24(6-7-25(32-27)34-16-4-2-3-5-17-34)26(29)35-20-12-28(13-21-35)10-18-33(19-11-28)22-23-8-14-31-15-9-23;1-3-5-6-4-2/h6-9,14-15,29H,2-5,10-13,16-22H2,1H3,(H,30,32);3-6H2,1-2H3. The number of pyridine rings is 2. The van der Waals surface area contributed by atoms with Crippen molar-refractivity contribution < 1.29 is 0 Å². The Morgan fingerprint density at radius 1 is 0.829 bits per heavy atom. The van der Waals surface area contributed by atoms with Crippen LogP contribution in [0.25, 0.3) is 0 Å². The van der Waals surface area contributed by atoms with Crippen LogP contribution >= 0.6 is 0 Å². The van der Waals surface area contributed by atoms with Gasteiger partial charge in [-0.25, -0.2) is 4.98 Å². The van der Waals surface area contributed by atoms with Crippen molar-refractivity contribution in [3.8, 4) is 0 Å². The van der Waals surface area contributed by atoms with Crippen molar-refractivity contribution in [3.63, 3.8) is 0 Å². The zero-order valence-electron chi connectivity index (χ0n) is 26.1. The molecule has 5 rings (SSSR count). The van der Waals surface area contributed by atoms with Crippen LogP contribution in [-0.4, -0.2) is 71.9 Å². The third-order valence-corrected chi connectivity index (χ3v) is 9.47. The Kier molecular flexibility index (Phi) is 12.3. The minimum absolute atomic E-state index is 0.451. The molecule has 2 aromatic rings. The molecule has 7 heteroatoms. The monoisotopic (exact) mass is 561 g/mol. The number of unbranched alkanes of at least 4 members (excludes halogenated alkanes) is 3. The molecule has 2 N–H and O–H groups in total. The quantitative estimate of drug-likeness (QED) is 0.202. The minimum atomic E-state index is 0.451. The predicted molar refractivity (Wildman–Crippen MR) is 173 cm³/mol. The first-order chi connectivity index (χ1) is 20.1. The lowest BCUT2D eigenvalue weighted by molar-refractivity contribution is 0.0501. The number of likely N-dealkylation sites (tertiary alicyclic amines) is 2. The molecule has 2 aromatic heterocycles. The fourth-order valence-electron chi connectivity index (χ4n) is 6.61. The number of nitrogens with one attached hydrogen (secondary N) is 2. The molecule has 3 fully saturated rings. The van der Waals surface area contributed by atoms with Crippen molar-refractivity contribution in [2.45, 2.75) is 97.4 Å². The Hall–Kier alpha value is -2.67. The van der Waals surface area contributed by atoms with Crippen LogP contribution in [0, 0.1) is 10.8 Å². The summed E-state index contributed by atoms with van der Waals surface area (Å²) in [7, 11) is 1.93. The van der Waals surface area contributed by atoms with Crippen LogP contribution in [0.15, 0.2) is 36.7 Å². The maximum Gasteiger partial charge on any atom is 0.139 e. The van der Waals surface area contributed by atoms with E-state index >= 15 is 0 Å². The summed E-state index contributed by atoms with van der Waals surface area (Å²) in [5, 5.41) is 12.3. The van der Waals surface area contributed by atoms with E-state index in [0.717, 1.165) is 49.9 Å². The smallest absolute Gasteiger partial charge is 0.139 e. The molecule has 0 unspecified atom stereocenters. The summed E-state index contributed by atoms with van der Waals surface area (Å²) in [4.78, 5) is 16.4. The molecule has 41 heavy (non-hydrogen) atoms. The highest BCUT2D eigenvalue weighted by Gasteiger charge is 2.38. The Labute approximate surface area is 249 Å². The summed E-state index contributed by atoms with van der Waals surface area (Å²) < 4.78 is 0. The highest BCUT2D eigenvalue weighted by molar-refractivity contribution is 6.01. The number of nitrogens with zero attached hydrogens (tertiary/aromatic N) is 5.